The van der Waals surface area contributed by atoms with Gasteiger partial charge < -0.3 is 24.0 Å². The van der Waals surface area contributed by atoms with Crippen molar-refractivity contribution in [2.75, 3.05) is 0 Å². The van der Waals surface area contributed by atoms with Gasteiger partial charge in [0.1, 0.15) is 24.8 Å². The Labute approximate surface area is 216 Å². The number of hydrogen-bond acceptors (Lipinski definition) is 2. The van der Waals surface area contributed by atoms with E-state index in [4.69, 9.17) is 9.59 Å². The second kappa shape index (κ2) is 29.8. The van der Waals surface area contributed by atoms with E-state index in [0.29, 0.717) is 0 Å². The molecule has 2 heterocycles. The van der Waals surface area contributed by atoms with Gasteiger partial charge in [-0.05, 0) is 12.8 Å². The second-order valence-corrected chi connectivity index (χ2v) is 18.0. The molecule has 2 aromatic rings. The fourth-order valence-electron chi connectivity index (χ4n) is 1.95. The van der Waals surface area contributed by atoms with Gasteiger partial charge in [0.2, 0.25) is 12.7 Å². The van der Waals surface area contributed by atoms with Gasteiger partial charge in [-0.3, -0.25) is 9.59 Å². The summed E-state index contributed by atoms with van der Waals surface area (Å²) in [6.07, 6.45) is 17.6. The van der Waals surface area contributed by atoms with Gasteiger partial charge in [0.15, 0.2) is 0 Å². The predicted octanol–water partition coefficient (Wildman–Crippen LogP) is 0.204. The molecule has 0 fully saturated rings. The van der Waals surface area contributed by atoms with Crippen molar-refractivity contribution in [1.82, 2.24) is 9.13 Å². The van der Waals surface area contributed by atoms with Crippen LogP contribution in [0.15, 0.2) is 37.4 Å². The molecule has 2 aromatic heterocycles. The molecule has 10 heteroatoms. The fourth-order valence-corrected chi connectivity index (χ4v) is 1.95. The Bertz CT molecular complexity index is 496. The van der Waals surface area contributed by atoms with Crippen LogP contribution in [0.4, 0.5) is 0 Å². The third-order valence-electron chi connectivity index (χ3n) is 3.19. The van der Waals surface area contributed by atoms with Gasteiger partial charge in [-0.1, -0.05) is 26.7 Å². The second-order valence-electron chi connectivity index (χ2n) is 5.39. The van der Waals surface area contributed by atoms with Crippen LogP contribution in [0, 0.1) is 0 Å². The number of aryl methyl sites for hydroxylation is 4. The fraction of sp³-hybridized carbons (Fsp3) is 0.556. The SMILES string of the molecule is CCCCn1cc[n+](C)c1.CCCCn1cc[n+](C)c1.[C]=O.[C]=O.[I-].[I][Rh-][I]. The Balaban J connectivity index is -0.000000152. The van der Waals surface area contributed by atoms with Gasteiger partial charge in [-0.15, -0.1) is 0 Å². The molecule has 0 aromatic carbocycles. The summed E-state index contributed by atoms with van der Waals surface area (Å²) < 4.78 is 8.55. The Morgan fingerprint density at radius 2 is 1.11 bits per heavy atom. The maximum atomic E-state index is 7.50. The Hall–Kier alpha value is 0.573. The molecule has 164 valence electrons. The molecule has 0 bridgehead atoms. The van der Waals surface area contributed by atoms with E-state index >= 15 is 0 Å². The third-order valence-corrected chi connectivity index (χ3v) is 3.19. The summed E-state index contributed by atoms with van der Waals surface area (Å²) in [6, 6.07) is 0. The molecule has 0 unspecified atom stereocenters. The van der Waals surface area contributed by atoms with Crippen molar-refractivity contribution in [2.45, 2.75) is 52.6 Å². The summed E-state index contributed by atoms with van der Waals surface area (Å²) in [7, 11) is 4.86. The van der Waals surface area contributed by atoms with E-state index in [9.17, 15) is 0 Å². The average molecular weight is 818 g/mol. The van der Waals surface area contributed by atoms with E-state index in [1.165, 1.54) is 25.7 Å². The van der Waals surface area contributed by atoms with Crippen LogP contribution in [0.25, 0.3) is 0 Å². The average Bonchev–Trinajstić information content (AvgIpc) is 3.30. The molecule has 0 aliphatic heterocycles. The van der Waals surface area contributed by atoms with Crippen molar-refractivity contribution in [3.8, 4) is 0 Å². The molecule has 28 heavy (non-hydrogen) atoms. The summed E-state index contributed by atoms with van der Waals surface area (Å²) in [5, 5.41) is 0. The van der Waals surface area contributed by atoms with Gasteiger partial charge >= 0.3 is 49.6 Å². The zero-order valence-corrected chi connectivity index (χ0v) is 24.9. The van der Waals surface area contributed by atoms with E-state index in [1.807, 2.05) is 14.1 Å². The van der Waals surface area contributed by atoms with Crippen molar-refractivity contribution in [1.29, 1.82) is 0 Å². The van der Waals surface area contributed by atoms with E-state index in [0.717, 1.165) is 23.2 Å². The number of imidazole rings is 2. The summed E-state index contributed by atoms with van der Waals surface area (Å²) in [5.41, 5.74) is 0. The molecule has 4 radical (unpaired) electrons. The monoisotopic (exact) mass is 818 g/mol. The van der Waals surface area contributed by atoms with E-state index < -0.39 is 0 Å². The molecule has 0 aliphatic carbocycles. The first kappa shape index (κ1) is 36.0. The number of carbonyl (C=O) groups excluding carboxylic acids is 2. The van der Waals surface area contributed by atoms with Gasteiger partial charge in [0.05, 0.1) is 27.2 Å². The first-order chi connectivity index (χ1) is 13.1. The van der Waals surface area contributed by atoms with Gasteiger partial charge in [0, 0.05) is 0 Å². The maximum absolute atomic E-state index is 7.50. The van der Waals surface area contributed by atoms with Crippen LogP contribution >= 0.6 is 39.5 Å². The number of nitrogens with zero attached hydrogens (tertiary/aromatic N) is 4. The summed E-state index contributed by atoms with van der Waals surface area (Å²) in [4.78, 5) is 15.0. The van der Waals surface area contributed by atoms with Crippen molar-refractivity contribution in [3.63, 3.8) is 0 Å². The van der Waals surface area contributed by atoms with Crippen LogP contribution in [0.3, 0.4) is 0 Å². The summed E-state index contributed by atoms with van der Waals surface area (Å²) in [6.45, 7) is 15.7. The van der Waals surface area contributed by atoms with Crippen LogP contribution in [-0.4, -0.2) is 22.7 Å². The molecule has 0 spiro atoms. The molecule has 2 rings (SSSR count). The van der Waals surface area contributed by atoms with Crippen LogP contribution in [0.2, 0.25) is 0 Å². The molecule has 0 saturated carbocycles. The van der Waals surface area contributed by atoms with Crippen molar-refractivity contribution in [3.05, 3.63) is 37.4 Å². The molecule has 0 aliphatic rings. The summed E-state index contributed by atoms with van der Waals surface area (Å²) in [5.74, 6) is 0. The third kappa shape index (κ3) is 24.6. The number of aromatic nitrogens is 4. The number of rotatable bonds is 6. The number of unbranched alkanes of at least 4 members (excludes halogenated alkanes) is 2. The van der Waals surface area contributed by atoms with E-state index in [2.05, 4.69) is 123 Å². The van der Waals surface area contributed by atoms with Gasteiger partial charge in [-0.25, -0.2) is 18.3 Å². The Morgan fingerprint density at radius 3 is 1.29 bits per heavy atom. The molecular weight excluding hydrogens is 788 g/mol. The van der Waals surface area contributed by atoms with Crippen molar-refractivity contribution in [2.24, 2.45) is 14.1 Å². The molecular formula is C18H30I3N4O2Rh. The minimum absolute atomic E-state index is 0. The van der Waals surface area contributed by atoms with E-state index in [-0.39, 0.29) is 24.0 Å². The van der Waals surface area contributed by atoms with Crippen LogP contribution in [0.1, 0.15) is 39.5 Å². The van der Waals surface area contributed by atoms with Crippen molar-refractivity contribution >= 4 is 53.1 Å². The van der Waals surface area contributed by atoms with Crippen LogP contribution < -0.4 is 33.1 Å². The standard InChI is InChI=1S/2C8H15N2.2CO.3HI.Rh/c2*1-3-4-5-10-7-6-9(2)8-10;2*1-2;;;;/h2*6-8H,3-5H2,1-2H3;;;3*1H;/q2*+1;;;;;;+1/p-3. The zero-order valence-electron chi connectivity index (χ0n) is 16.8. The Morgan fingerprint density at radius 1 is 0.821 bits per heavy atom. The van der Waals surface area contributed by atoms with Gasteiger partial charge in [0.25, 0.3) is 13.6 Å². The molecule has 6 nitrogen and oxygen atoms in total. The first-order valence-electron chi connectivity index (χ1n) is 8.33. The van der Waals surface area contributed by atoms with Crippen LogP contribution in [0.5, 0.6) is 0 Å². The zero-order chi connectivity index (χ0) is 21.5. The minimum atomic E-state index is 0. The molecule has 0 atom stereocenters. The Kier molecular flexibility index (Phi) is 38.3. The topological polar surface area (TPSA) is 51.8 Å². The molecule has 0 N–H and O–H groups in total. The number of halogens is 3. The van der Waals surface area contributed by atoms with Gasteiger partial charge in [-0.2, -0.15) is 0 Å². The summed E-state index contributed by atoms with van der Waals surface area (Å²) >= 11 is 4.69. The first-order valence-corrected chi connectivity index (χ1v) is 18.1. The predicted molar refractivity (Wildman–Crippen MR) is 120 cm³/mol. The number of hydrogen-bond donors (Lipinski definition) is 0. The van der Waals surface area contributed by atoms with Crippen LogP contribution in [-0.2, 0) is 46.9 Å². The van der Waals surface area contributed by atoms with Crippen molar-refractivity contribution < 1.29 is 52.8 Å². The quantitative estimate of drug-likeness (QED) is 0.238. The molecule has 0 amide bonds. The normalized spacial score (nSPS) is 8.36. The van der Waals surface area contributed by atoms with E-state index in [1.54, 1.807) is 0 Å². The molecule has 0 saturated heterocycles.